The Labute approximate surface area is 139 Å². The van der Waals surface area contributed by atoms with Gasteiger partial charge < -0.3 is 15.0 Å². The third-order valence-corrected chi connectivity index (χ3v) is 4.26. The van der Waals surface area contributed by atoms with Crippen molar-refractivity contribution in [3.05, 3.63) is 24.5 Å². The summed E-state index contributed by atoms with van der Waals surface area (Å²) >= 11 is 0. The van der Waals surface area contributed by atoms with E-state index in [2.05, 4.69) is 19.9 Å². The predicted molar refractivity (Wildman–Crippen MR) is 88.4 cm³/mol. The zero-order chi connectivity index (χ0) is 16.7. The van der Waals surface area contributed by atoms with Gasteiger partial charge in [-0.2, -0.15) is 4.98 Å². The summed E-state index contributed by atoms with van der Waals surface area (Å²) in [4.78, 5) is 21.9. The first-order chi connectivity index (χ1) is 11.7. The van der Waals surface area contributed by atoms with Gasteiger partial charge in [0.25, 0.3) is 0 Å². The van der Waals surface area contributed by atoms with Crippen molar-refractivity contribution in [1.29, 1.82) is 0 Å². The highest BCUT2D eigenvalue weighted by atomic mass is 16.5. The number of aromatic nitrogens is 6. The number of nitrogens with zero attached hydrogens (tertiary/aromatic N) is 6. The van der Waals surface area contributed by atoms with Gasteiger partial charge in [0.05, 0.1) is 5.56 Å². The second kappa shape index (κ2) is 5.79. The van der Waals surface area contributed by atoms with E-state index in [0.29, 0.717) is 11.4 Å². The highest BCUT2D eigenvalue weighted by molar-refractivity contribution is 5.81. The fourth-order valence-corrected chi connectivity index (χ4v) is 2.89. The summed E-state index contributed by atoms with van der Waals surface area (Å²) in [6.45, 7) is 4.63. The molecule has 124 valence electrons. The molecule has 0 unspecified atom stereocenters. The molecular formula is C16H19N7O. The Kier molecular flexibility index (Phi) is 3.61. The van der Waals surface area contributed by atoms with E-state index in [1.54, 1.807) is 12.4 Å². The molecule has 3 aromatic rings. The van der Waals surface area contributed by atoms with E-state index in [9.17, 15) is 0 Å². The molecule has 1 saturated carbocycles. The number of hydrogen-bond acceptors (Lipinski definition) is 7. The van der Waals surface area contributed by atoms with Crippen molar-refractivity contribution in [1.82, 2.24) is 29.5 Å². The lowest BCUT2D eigenvalue weighted by Crippen LogP contribution is -2.43. The third kappa shape index (κ3) is 2.48. The Balaban J connectivity index is 1.79. The molecule has 1 fully saturated rings. The summed E-state index contributed by atoms with van der Waals surface area (Å²) in [5.41, 5.74) is 8.09. The largest absolute Gasteiger partial charge is 0.473 e. The van der Waals surface area contributed by atoms with Crippen LogP contribution < -0.4 is 10.5 Å². The topological polar surface area (TPSA) is 105 Å². The summed E-state index contributed by atoms with van der Waals surface area (Å²) in [5.74, 6) is 2.00. The van der Waals surface area contributed by atoms with Crippen molar-refractivity contribution < 1.29 is 4.74 Å². The quantitative estimate of drug-likeness (QED) is 0.774. The first-order valence-electron chi connectivity index (χ1n) is 8.08. The number of imidazole rings is 1. The third-order valence-electron chi connectivity index (χ3n) is 4.26. The van der Waals surface area contributed by atoms with Gasteiger partial charge in [0, 0.05) is 25.0 Å². The fraction of sp³-hybridized carbons (Fsp3) is 0.438. The van der Waals surface area contributed by atoms with E-state index in [1.807, 2.05) is 18.4 Å². The molecular weight excluding hydrogens is 306 g/mol. The van der Waals surface area contributed by atoms with Crippen molar-refractivity contribution in [2.45, 2.75) is 45.4 Å². The normalized spacial score (nSPS) is 20.1. The Morgan fingerprint density at radius 1 is 1.21 bits per heavy atom. The maximum absolute atomic E-state index is 5.96. The smallest absolute Gasteiger partial charge is 0.245 e. The Hall–Kier alpha value is -2.61. The second-order valence-electron chi connectivity index (χ2n) is 6.02. The van der Waals surface area contributed by atoms with Crippen molar-refractivity contribution in [2.24, 2.45) is 5.73 Å². The van der Waals surface area contributed by atoms with E-state index in [-0.39, 0.29) is 12.1 Å². The lowest BCUT2D eigenvalue weighted by atomic mass is 9.90. The number of nitrogens with two attached hydrogens (primary N) is 1. The average molecular weight is 325 g/mol. The predicted octanol–water partition coefficient (Wildman–Crippen LogP) is 1.48. The zero-order valence-electron chi connectivity index (χ0n) is 13.7. The molecule has 0 radical (unpaired) electrons. The zero-order valence-corrected chi connectivity index (χ0v) is 13.7. The molecule has 0 amide bonds. The van der Waals surface area contributed by atoms with Gasteiger partial charge in [-0.05, 0) is 26.7 Å². The molecule has 0 saturated heterocycles. The van der Waals surface area contributed by atoms with Gasteiger partial charge in [-0.15, -0.1) is 0 Å². The summed E-state index contributed by atoms with van der Waals surface area (Å²) < 4.78 is 7.98. The summed E-state index contributed by atoms with van der Waals surface area (Å²) in [6, 6.07) is 0.223. The second-order valence-corrected chi connectivity index (χ2v) is 6.02. The van der Waals surface area contributed by atoms with E-state index >= 15 is 0 Å². The van der Waals surface area contributed by atoms with Crippen LogP contribution in [-0.2, 0) is 6.54 Å². The van der Waals surface area contributed by atoms with Gasteiger partial charge in [0.1, 0.15) is 24.1 Å². The molecule has 0 spiro atoms. The maximum Gasteiger partial charge on any atom is 0.245 e. The summed E-state index contributed by atoms with van der Waals surface area (Å²) in [5, 5.41) is 0. The molecule has 0 bridgehead atoms. The van der Waals surface area contributed by atoms with Crippen LogP contribution in [0.1, 0.15) is 25.6 Å². The molecule has 1 aliphatic carbocycles. The number of hydrogen-bond donors (Lipinski definition) is 1. The van der Waals surface area contributed by atoms with Gasteiger partial charge >= 0.3 is 0 Å². The number of aryl methyl sites for hydroxylation is 2. The standard InChI is InChI=1S/C16H19N7O/c1-3-23-14(10-6-18-9(2)19-7-10)22-13-15(23)20-8-21-16(13)24-12-4-11(17)5-12/h6-8,11-12H,3-5,17H2,1-2H3/t11-,12-. The van der Waals surface area contributed by atoms with E-state index < -0.39 is 0 Å². The van der Waals surface area contributed by atoms with Gasteiger partial charge in [-0.3, -0.25) is 0 Å². The van der Waals surface area contributed by atoms with E-state index in [4.69, 9.17) is 15.5 Å². The molecule has 8 nitrogen and oxygen atoms in total. The highest BCUT2D eigenvalue weighted by Crippen LogP contribution is 2.30. The average Bonchev–Trinajstić information content (AvgIpc) is 2.93. The van der Waals surface area contributed by atoms with Gasteiger partial charge in [0.2, 0.25) is 5.88 Å². The number of rotatable bonds is 4. The van der Waals surface area contributed by atoms with Gasteiger partial charge in [-0.25, -0.2) is 19.9 Å². The monoisotopic (exact) mass is 325 g/mol. The summed E-state index contributed by atoms with van der Waals surface area (Å²) in [6.07, 6.45) is 6.86. The SMILES string of the molecule is CCn1c(-c2cnc(C)nc2)nc2c(O[C@H]3C[C@H](N)C3)ncnc21. The molecule has 0 aliphatic heterocycles. The molecule has 24 heavy (non-hydrogen) atoms. The molecule has 2 N–H and O–H groups in total. The Morgan fingerprint density at radius 3 is 2.62 bits per heavy atom. The van der Waals surface area contributed by atoms with Crippen molar-refractivity contribution in [2.75, 3.05) is 0 Å². The summed E-state index contributed by atoms with van der Waals surface area (Å²) in [7, 11) is 0. The molecule has 0 atom stereocenters. The van der Waals surface area contributed by atoms with Crippen LogP contribution in [0.3, 0.4) is 0 Å². The first kappa shape index (κ1) is 14.9. The minimum absolute atomic E-state index is 0.107. The minimum Gasteiger partial charge on any atom is -0.473 e. The van der Waals surface area contributed by atoms with Crippen LogP contribution in [0.15, 0.2) is 18.7 Å². The van der Waals surface area contributed by atoms with E-state index in [1.165, 1.54) is 6.33 Å². The van der Waals surface area contributed by atoms with Crippen LogP contribution in [0, 0.1) is 6.92 Å². The van der Waals surface area contributed by atoms with Crippen molar-refractivity contribution >= 4 is 11.2 Å². The molecule has 4 rings (SSSR count). The Morgan fingerprint density at radius 2 is 1.96 bits per heavy atom. The van der Waals surface area contributed by atoms with Crippen LogP contribution in [0.4, 0.5) is 0 Å². The van der Waals surface area contributed by atoms with Crippen LogP contribution in [-0.4, -0.2) is 41.6 Å². The molecule has 3 aromatic heterocycles. The number of ether oxygens (including phenoxy) is 1. The minimum atomic E-state index is 0.107. The lowest BCUT2D eigenvalue weighted by molar-refractivity contribution is 0.0973. The van der Waals surface area contributed by atoms with Crippen LogP contribution in [0.25, 0.3) is 22.6 Å². The lowest BCUT2D eigenvalue weighted by Gasteiger charge is -2.31. The fourth-order valence-electron chi connectivity index (χ4n) is 2.89. The highest BCUT2D eigenvalue weighted by Gasteiger charge is 2.29. The molecule has 1 aliphatic rings. The number of fused-ring (bicyclic) bond motifs is 1. The van der Waals surface area contributed by atoms with Crippen LogP contribution >= 0.6 is 0 Å². The maximum atomic E-state index is 5.96. The van der Waals surface area contributed by atoms with Gasteiger partial charge in [-0.1, -0.05) is 0 Å². The molecule has 3 heterocycles. The van der Waals surface area contributed by atoms with Crippen molar-refractivity contribution in [3.63, 3.8) is 0 Å². The van der Waals surface area contributed by atoms with Crippen LogP contribution in [0.5, 0.6) is 5.88 Å². The van der Waals surface area contributed by atoms with Gasteiger partial charge in [0.15, 0.2) is 11.2 Å². The van der Waals surface area contributed by atoms with Crippen molar-refractivity contribution in [3.8, 4) is 17.3 Å². The first-order valence-corrected chi connectivity index (χ1v) is 8.08. The molecule has 0 aromatic carbocycles. The van der Waals surface area contributed by atoms with E-state index in [0.717, 1.165) is 42.2 Å². The Bertz CT molecular complexity index is 868. The van der Waals surface area contributed by atoms with Crippen LogP contribution in [0.2, 0.25) is 0 Å². The molecule has 8 heteroatoms.